The van der Waals surface area contributed by atoms with E-state index in [0.29, 0.717) is 11.6 Å². The van der Waals surface area contributed by atoms with E-state index in [9.17, 15) is 0 Å². The number of nitrogens with two attached hydrogens (primary N) is 1. The van der Waals surface area contributed by atoms with E-state index in [4.69, 9.17) is 5.73 Å². The molecule has 0 amide bonds. The van der Waals surface area contributed by atoms with Crippen LogP contribution >= 0.6 is 0 Å². The summed E-state index contributed by atoms with van der Waals surface area (Å²) < 4.78 is 15.1. The molecule has 2 unspecified atom stereocenters. The lowest BCUT2D eigenvalue weighted by Crippen LogP contribution is -2.35. The minimum absolute atomic E-state index is 0.125. The largest absolute Gasteiger partial charge is 0.368 e. The van der Waals surface area contributed by atoms with Crippen LogP contribution in [0.2, 0.25) is 0 Å². The van der Waals surface area contributed by atoms with Crippen LogP contribution in [0.5, 0.6) is 0 Å². The number of allylic oxidation sites excluding steroid dienone is 2. The van der Waals surface area contributed by atoms with E-state index in [-0.39, 0.29) is 11.9 Å². The Morgan fingerprint density at radius 1 is 1.32 bits per heavy atom. The minimum Gasteiger partial charge on any atom is -0.368 e. The Labute approximate surface area is 169 Å². The molecule has 3 N–H and O–H groups in total. The third-order valence-electron chi connectivity index (χ3n) is 6.85. The molecule has 0 aromatic heterocycles. The standard InChI is InChI=1S/C23H35FN4/c1-16(17-4-3-5-17)28(14-19(13-26-2)18-6-7-18)21-8-9-23(22(24)12-21)27-11-10-20(25)15-27/h8-9,12,18-20,26H,3-7,10-11,13-15,25H2,1-2H3. The van der Waals surface area contributed by atoms with Crippen LogP contribution in [0, 0.1) is 17.7 Å². The third-order valence-corrected chi connectivity index (χ3v) is 6.85. The first-order chi connectivity index (χ1) is 13.6. The van der Waals surface area contributed by atoms with Gasteiger partial charge in [0.1, 0.15) is 5.82 Å². The molecule has 1 aromatic rings. The molecular weight excluding hydrogens is 351 g/mol. The van der Waals surface area contributed by atoms with E-state index in [1.54, 1.807) is 6.07 Å². The highest BCUT2D eigenvalue weighted by molar-refractivity contribution is 5.61. The molecular formula is C23H35FN4. The smallest absolute Gasteiger partial charge is 0.148 e. The molecule has 4 rings (SSSR count). The number of halogens is 1. The first-order valence-corrected chi connectivity index (χ1v) is 11.0. The van der Waals surface area contributed by atoms with Crippen molar-refractivity contribution in [1.29, 1.82) is 0 Å². The molecule has 1 heterocycles. The molecule has 3 fully saturated rings. The molecule has 5 heteroatoms. The van der Waals surface area contributed by atoms with Gasteiger partial charge in [-0.3, -0.25) is 0 Å². The molecule has 0 radical (unpaired) electrons. The number of anilines is 2. The number of benzene rings is 1. The number of nitrogens with zero attached hydrogens (tertiary/aromatic N) is 2. The maximum Gasteiger partial charge on any atom is 0.148 e. The van der Waals surface area contributed by atoms with Crippen molar-refractivity contribution in [2.45, 2.75) is 51.5 Å². The Morgan fingerprint density at radius 3 is 2.64 bits per heavy atom. The van der Waals surface area contributed by atoms with Crippen LogP contribution in [-0.2, 0) is 0 Å². The Bertz CT molecular complexity index is 721. The van der Waals surface area contributed by atoms with E-state index in [1.165, 1.54) is 43.4 Å². The summed E-state index contributed by atoms with van der Waals surface area (Å²) in [6.45, 7) is 5.80. The third kappa shape index (κ3) is 4.20. The van der Waals surface area contributed by atoms with Crippen LogP contribution in [-0.4, -0.2) is 39.3 Å². The van der Waals surface area contributed by atoms with Crippen LogP contribution in [0.3, 0.4) is 0 Å². The van der Waals surface area contributed by atoms with Crippen molar-refractivity contribution < 1.29 is 4.39 Å². The van der Waals surface area contributed by atoms with Crippen LogP contribution in [0.1, 0.15) is 45.4 Å². The predicted octanol–water partition coefficient (Wildman–Crippen LogP) is 3.87. The fraction of sp³-hybridized carbons (Fsp3) is 0.652. The first kappa shape index (κ1) is 19.7. The summed E-state index contributed by atoms with van der Waals surface area (Å²) in [7, 11) is 2.03. The molecule has 28 heavy (non-hydrogen) atoms. The highest BCUT2D eigenvalue weighted by Crippen LogP contribution is 2.40. The van der Waals surface area contributed by atoms with Gasteiger partial charge in [0.25, 0.3) is 0 Å². The molecule has 3 aliphatic rings. The summed E-state index contributed by atoms with van der Waals surface area (Å²) >= 11 is 0. The van der Waals surface area contributed by atoms with Gasteiger partial charge in [0.2, 0.25) is 0 Å². The van der Waals surface area contributed by atoms with Crippen molar-refractivity contribution in [3.8, 4) is 0 Å². The molecule has 1 aliphatic heterocycles. The lowest BCUT2D eigenvalue weighted by Gasteiger charge is -2.34. The molecule has 2 aliphatic carbocycles. The van der Waals surface area contributed by atoms with Gasteiger partial charge in [0.05, 0.1) is 5.69 Å². The molecule has 2 saturated carbocycles. The van der Waals surface area contributed by atoms with Gasteiger partial charge in [0.15, 0.2) is 0 Å². The summed E-state index contributed by atoms with van der Waals surface area (Å²) in [6.07, 6.45) is 7.26. The summed E-state index contributed by atoms with van der Waals surface area (Å²) in [5.41, 5.74) is 10.6. The van der Waals surface area contributed by atoms with Crippen molar-refractivity contribution in [1.82, 2.24) is 5.32 Å². The van der Waals surface area contributed by atoms with Crippen molar-refractivity contribution in [3.63, 3.8) is 0 Å². The van der Waals surface area contributed by atoms with Crippen LogP contribution < -0.4 is 20.9 Å². The van der Waals surface area contributed by atoms with E-state index in [0.717, 1.165) is 44.2 Å². The second-order valence-corrected chi connectivity index (χ2v) is 8.94. The fourth-order valence-corrected chi connectivity index (χ4v) is 4.71. The summed E-state index contributed by atoms with van der Waals surface area (Å²) in [6, 6.07) is 5.96. The number of rotatable bonds is 8. The molecule has 2 atom stereocenters. The van der Waals surface area contributed by atoms with Crippen molar-refractivity contribution in [3.05, 3.63) is 35.3 Å². The van der Waals surface area contributed by atoms with Gasteiger partial charge in [-0.25, -0.2) is 4.39 Å². The lowest BCUT2D eigenvalue weighted by atomic mass is 9.90. The first-order valence-electron chi connectivity index (χ1n) is 11.0. The molecule has 0 spiro atoms. The number of hydrogen-bond donors (Lipinski definition) is 2. The van der Waals surface area contributed by atoms with Crippen LogP contribution in [0.25, 0.3) is 0 Å². The summed E-state index contributed by atoms with van der Waals surface area (Å²) in [5.74, 6) is 1.30. The van der Waals surface area contributed by atoms with E-state index in [1.807, 2.05) is 13.1 Å². The maximum absolute atomic E-state index is 15.1. The summed E-state index contributed by atoms with van der Waals surface area (Å²) in [4.78, 5) is 4.47. The second-order valence-electron chi connectivity index (χ2n) is 8.94. The molecule has 1 saturated heterocycles. The van der Waals surface area contributed by atoms with Gasteiger partial charge in [-0.2, -0.15) is 0 Å². The monoisotopic (exact) mass is 386 g/mol. The van der Waals surface area contributed by atoms with Gasteiger partial charge >= 0.3 is 0 Å². The van der Waals surface area contributed by atoms with E-state index in [2.05, 4.69) is 28.1 Å². The van der Waals surface area contributed by atoms with E-state index < -0.39 is 0 Å². The molecule has 0 bridgehead atoms. The lowest BCUT2D eigenvalue weighted by molar-refractivity contribution is 0.443. The highest BCUT2D eigenvalue weighted by atomic mass is 19.1. The average molecular weight is 387 g/mol. The SMILES string of the molecule is CNCC(CN(C(C)=C1CCC1)c1ccc(N2CCC(N)C2)c(F)c1)C1CC1. The second kappa shape index (κ2) is 8.42. The topological polar surface area (TPSA) is 44.5 Å². The Balaban J connectivity index is 1.59. The van der Waals surface area contributed by atoms with Crippen molar-refractivity contribution >= 4 is 11.4 Å². The normalized spacial score (nSPS) is 22.9. The Kier molecular flexibility index (Phi) is 5.93. The van der Waals surface area contributed by atoms with Gasteiger partial charge in [0, 0.05) is 37.1 Å². The van der Waals surface area contributed by atoms with Crippen LogP contribution in [0.4, 0.5) is 15.8 Å². The number of hydrogen-bond acceptors (Lipinski definition) is 4. The van der Waals surface area contributed by atoms with Crippen molar-refractivity contribution in [2.75, 3.05) is 43.0 Å². The maximum atomic E-state index is 15.1. The van der Waals surface area contributed by atoms with Gasteiger partial charge in [-0.1, -0.05) is 5.57 Å². The zero-order chi connectivity index (χ0) is 19.7. The minimum atomic E-state index is -0.125. The van der Waals surface area contributed by atoms with Crippen molar-refractivity contribution in [2.24, 2.45) is 17.6 Å². The average Bonchev–Trinajstić information content (AvgIpc) is 3.38. The molecule has 4 nitrogen and oxygen atoms in total. The zero-order valence-corrected chi connectivity index (χ0v) is 17.4. The number of nitrogens with one attached hydrogen (secondary N) is 1. The fourth-order valence-electron chi connectivity index (χ4n) is 4.71. The Hall–Kier alpha value is -1.59. The van der Waals surface area contributed by atoms with Crippen LogP contribution in [0.15, 0.2) is 29.5 Å². The zero-order valence-electron chi connectivity index (χ0n) is 17.4. The molecule has 154 valence electrons. The van der Waals surface area contributed by atoms with E-state index >= 15 is 4.39 Å². The predicted molar refractivity (Wildman–Crippen MR) is 115 cm³/mol. The Morgan fingerprint density at radius 2 is 2.11 bits per heavy atom. The van der Waals surface area contributed by atoms with Gasteiger partial charge in [-0.15, -0.1) is 0 Å². The van der Waals surface area contributed by atoms with Gasteiger partial charge < -0.3 is 20.9 Å². The molecule has 1 aromatic carbocycles. The summed E-state index contributed by atoms with van der Waals surface area (Å²) in [5, 5.41) is 3.37. The highest BCUT2D eigenvalue weighted by Gasteiger charge is 2.33. The van der Waals surface area contributed by atoms with Gasteiger partial charge in [-0.05, 0) is 89.1 Å². The quantitative estimate of drug-likeness (QED) is 0.712.